The lowest BCUT2D eigenvalue weighted by Crippen LogP contribution is -2.54. The quantitative estimate of drug-likeness (QED) is 0.287. The number of Topliss-reactive ketones (excluding diaryl/α,β-unsaturated/α-hetero) is 1. The summed E-state index contributed by atoms with van der Waals surface area (Å²) in [5.41, 5.74) is 14.9. The van der Waals surface area contributed by atoms with Crippen LogP contribution >= 0.6 is 0 Å². The van der Waals surface area contributed by atoms with Crippen molar-refractivity contribution in [3.63, 3.8) is 0 Å². The first kappa shape index (κ1) is 27.1. The Kier molecular flexibility index (Phi) is 7.49. The van der Waals surface area contributed by atoms with E-state index in [1.54, 1.807) is 6.07 Å². The van der Waals surface area contributed by atoms with Crippen molar-refractivity contribution in [1.82, 2.24) is 0 Å². The summed E-state index contributed by atoms with van der Waals surface area (Å²) in [6.45, 7) is 12.6. The van der Waals surface area contributed by atoms with Gasteiger partial charge < -0.3 is 11.5 Å². The molecule has 0 heterocycles. The second-order valence-corrected chi connectivity index (χ2v) is 14.9. The summed E-state index contributed by atoms with van der Waals surface area (Å²) >= 11 is 0. The minimum absolute atomic E-state index is 0.132. The molecule has 5 rings (SSSR count). The van der Waals surface area contributed by atoms with Gasteiger partial charge in [0.2, 0.25) is 0 Å². The summed E-state index contributed by atoms with van der Waals surface area (Å²) in [6.07, 6.45) is 16.0. The Labute approximate surface area is 226 Å². The highest BCUT2D eigenvalue weighted by Gasteiger charge is 2.60. The molecule has 4 fully saturated rings. The van der Waals surface area contributed by atoms with Crippen LogP contribution in [0.4, 0.5) is 11.4 Å². The maximum Gasteiger partial charge on any atom is 0.166 e. The highest BCUT2D eigenvalue weighted by atomic mass is 16.1. The molecule has 1 aromatic carbocycles. The zero-order chi connectivity index (χ0) is 26.5. The van der Waals surface area contributed by atoms with Crippen LogP contribution in [-0.4, -0.2) is 5.78 Å². The fourth-order valence-corrected chi connectivity index (χ4v) is 10.6. The van der Waals surface area contributed by atoms with E-state index >= 15 is 0 Å². The lowest BCUT2D eigenvalue weighted by atomic mass is 9.44. The van der Waals surface area contributed by atoms with Crippen LogP contribution < -0.4 is 11.5 Å². The van der Waals surface area contributed by atoms with Gasteiger partial charge in [-0.3, -0.25) is 4.79 Å². The summed E-state index contributed by atoms with van der Waals surface area (Å²) in [5.74, 6) is 6.42. The number of carbonyl (C=O) groups is 1. The highest BCUT2D eigenvalue weighted by Crippen LogP contribution is 2.68. The van der Waals surface area contributed by atoms with Crippen LogP contribution in [0.15, 0.2) is 18.2 Å². The molecular weight excluding hydrogens is 452 g/mol. The Morgan fingerprint density at radius 3 is 2.24 bits per heavy atom. The van der Waals surface area contributed by atoms with E-state index < -0.39 is 0 Å². The van der Waals surface area contributed by atoms with Crippen molar-refractivity contribution in [3.05, 3.63) is 23.8 Å². The van der Waals surface area contributed by atoms with Crippen LogP contribution in [0.3, 0.4) is 0 Å². The number of rotatable bonds is 7. The lowest BCUT2D eigenvalue weighted by molar-refractivity contribution is -0.118. The predicted molar refractivity (Wildman–Crippen MR) is 156 cm³/mol. The molecule has 4 saturated carbocycles. The van der Waals surface area contributed by atoms with E-state index in [0.717, 1.165) is 48.3 Å². The normalized spacial score (nSPS) is 40.1. The maximum absolute atomic E-state index is 13.5. The summed E-state index contributed by atoms with van der Waals surface area (Å²) < 4.78 is 0. The minimum Gasteiger partial charge on any atom is -0.399 e. The molecule has 3 nitrogen and oxygen atoms in total. The van der Waals surface area contributed by atoms with Crippen LogP contribution in [-0.2, 0) is 0 Å². The largest absolute Gasteiger partial charge is 0.399 e. The second-order valence-electron chi connectivity index (χ2n) is 14.9. The number of fused-ring (bicyclic) bond motifs is 5. The predicted octanol–water partition coefficient (Wildman–Crippen LogP) is 8.77. The molecule has 0 radical (unpaired) electrons. The monoisotopic (exact) mass is 506 g/mol. The molecular formula is C34H54N2O. The van der Waals surface area contributed by atoms with Gasteiger partial charge in [0, 0.05) is 22.9 Å². The zero-order valence-corrected chi connectivity index (χ0v) is 24.4. The summed E-state index contributed by atoms with van der Waals surface area (Å²) in [7, 11) is 0. The van der Waals surface area contributed by atoms with Crippen molar-refractivity contribution in [3.8, 4) is 0 Å². The minimum atomic E-state index is 0.132. The Hall–Kier alpha value is -1.51. The summed E-state index contributed by atoms with van der Waals surface area (Å²) in [4.78, 5) is 13.5. The number of hydrogen-bond acceptors (Lipinski definition) is 3. The molecule has 0 aromatic heterocycles. The molecule has 0 aliphatic heterocycles. The third kappa shape index (κ3) is 4.87. The number of hydrogen-bond donors (Lipinski definition) is 2. The van der Waals surface area contributed by atoms with Gasteiger partial charge in [0.25, 0.3) is 0 Å². The first-order valence-corrected chi connectivity index (χ1v) is 15.7. The van der Waals surface area contributed by atoms with Crippen LogP contribution in [0, 0.1) is 58.2 Å². The summed E-state index contributed by atoms with van der Waals surface area (Å²) in [6, 6.07) is 5.39. The second kappa shape index (κ2) is 10.2. The van der Waals surface area contributed by atoms with Gasteiger partial charge in [-0.1, -0.05) is 53.9 Å². The van der Waals surface area contributed by atoms with Crippen molar-refractivity contribution in [2.45, 2.75) is 112 Å². The molecule has 206 valence electrons. The molecule has 4 aliphatic rings. The summed E-state index contributed by atoms with van der Waals surface area (Å²) in [5, 5.41) is 0. The van der Waals surface area contributed by atoms with E-state index in [1.165, 1.54) is 64.2 Å². The van der Waals surface area contributed by atoms with Crippen LogP contribution in [0.5, 0.6) is 0 Å². The Morgan fingerprint density at radius 2 is 1.54 bits per heavy atom. The van der Waals surface area contributed by atoms with Crippen molar-refractivity contribution < 1.29 is 4.79 Å². The van der Waals surface area contributed by atoms with Gasteiger partial charge in [0.05, 0.1) is 0 Å². The molecule has 4 aliphatic carbocycles. The van der Waals surface area contributed by atoms with Crippen molar-refractivity contribution in [1.29, 1.82) is 0 Å². The molecule has 0 spiro atoms. The first-order valence-electron chi connectivity index (χ1n) is 15.7. The number of nitrogen functional groups attached to an aromatic ring is 2. The first-order chi connectivity index (χ1) is 17.5. The molecule has 2 unspecified atom stereocenters. The van der Waals surface area contributed by atoms with Gasteiger partial charge in [-0.25, -0.2) is 0 Å². The topological polar surface area (TPSA) is 69.1 Å². The van der Waals surface area contributed by atoms with E-state index in [0.29, 0.717) is 33.7 Å². The molecule has 37 heavy (non-hydrogen) atoms. The zero-order valence-electron chi connectivity index (χ0n) is 24.4. The fourth-order valence-electron chi connectivity index (χ4n) is 10.6. The lowest BCUT2D eigenvalue weighted by Gasteiger charge is -2.61. The third-order valence-electron chi connectivity index (χ3n) is 12.5. The van der Waals surface area contributed by atoms with Crippen molar-refractivity contribution >= 4 is 17.2 Å². The molecule has 3 heteroatoms. The number of nitrogens with two attached hydrogens (primary N) is 2. The van der Waals surface area contributed by atoms with Crippen LogP contribution in [0.25, 0.3) is 0 Å². The van der Waals surface area contributed by atoms with Gasteiger partial charge in [0.1, 0.15) is 0 Å². The number of ketones is 1. The van der Waals surface area contributed by atoms with E-state index in [1.807, 2.05) is 12.1 Å². The van der Waals surface area contributed by atoms with Gasteiger partial charge in [-0.05, 0) is 128 Å². The number of anilines is 2. The number of benzene rings is 1. The van der Waals surface area contributed by atoms with E-state index in [-0.39, 0.29) is 11.7 Å². The molecule has 4 N–H and O–H groups in total. The van der Waals surface area contributed by atoms with Gasteiger partial charge in [0.15, 0.2) is 5.78 Å². The smallest absolute Gasteiger partial charge is 0.166 e. The average Bonchev–Trinajstić information content (AvgIpc) is 3.19. The van der Waals surface area contributed by atoms with Crippen LogP contribution in [0.2, 0.25) is 0 Å². The molecule has 9 atom stereocenters. The van der Waals surface area contributed by atoms with E-state index in [9.17, 15) is 4.79 Å². The molecule has 0 bridgehead atoms. The van der Waals surface area contributed by atoms with Gasteiger partial charge in [-0.2, -0.15) is 0 Å². The van der Waals surface area contributed by atoms with Crippen LogP contribution in [0.1, 0.15) is 122 Å². The van der Waals surface area contributed by atoms with Gasteiger partial charge in [-0.15, -0.1) is 0 Å². The Morgan fingerprint density at radius 1 is 0.865 bits per heavy atom. The average molecular weight is 507 g/mol. The van der Waals surface area contributed by atoms with E-state index in [2.05, 4.69) is 34.6 Å². The SMILES string of the molecule is CC(C)CCC[C@@H](C)[C@H]1CC[C@H]2[C@@H]3CCC4CC(C(=O)c5cc(N)cc(N)c5)CC[C@]4(C)[C@H]3CC[C@]12C. The molecule has 1 aromatic rings. The standard InChI is InChI=1S/C34H54N2O/c1-21(2)7-6-8-22(3)29-11-12-30-28-10-9-25-17-23(32(37)24-18-26(35)20-27(36)19-24)13-15-33(25,4)31(28)14-16-34(29,30)5/h18-23,25,28-31H,6-17,35-36H2,1-5H3/t22-,23?,25?,28+,29-,30+,31+,33+,34-/m1/s1. The third-order valence-corrected chi connectivity index (χ3v) is 12.5. The fraction of sp³-hybridized carbons (Fsp3) is 0.794. The number of carbonyl (C=O) groups excluding carboxylic acids is 1. The van der Waals surface area contributed by atoms with Crippen molar-refractivity contribution in [2.75, 3.05) is 11.5 Å². The Bertz CT molecular complexity index is 966. The Balaban J connectivity index is 1.26. The van der Waals surface area contributed by atoms with Gasteiger partial charge >= 0.3 is 0 Å². The van der Waals surface area contributed by atoms with Crippen molar-refractivity contribution in [2.24, 2.45) is 58.2 Å². The molecule has 0 amide bonds. The highest BCUT2D eigenvalue weighted by molar-refractivity contribution is 5.99. The maximum atomic E-state index is 13.5. The van der Waals surface area contributed by atoms with E-state index in [4.69, 9.17) is 11.5 Å². The molecule has 0 saturated heterocycles.